The van der Waals surface area contributed by atoms with Crippen LogP contribution in [0.1, 0.15) is 48.2 Å². The number of primary amides is 1. The van der Waals surface area contributed by atoms with E-state index in [4.69, 9.17) is 10.5 Å². The van der Waals surface area contributed by atoms with Gasteiger partial charge in [0.25, 0.3) is 17.7 Å². The van der Waals surface area contributed by atoms with Crippen LogP contribution in [0.15, 0.2) is 36.4 Å². The predicted molar refractivity (Wildman–Crippen MR) is 147 cm³/mol. The van der Waals surface area contributed by atoms with Crippen LogP contribution in [-0.4, -0.2) is 83.2 Å². The molecule has 2 aliphatic heterocycles. The number of hydrogen-bond acceptors (Lipinski definition) is 10. The summed E-state index contributed by atoms with van der Waals surface area (Å²) in [4.78, 5) is 47.4. The number of anilines is 3. The van der Waals surface area contributed by atoms with Gasteiger partial charge < -0.3 is 30.9 Å². The second-order valence-electron chi connectivity index (χ2n) is 9.45. The summed E-state index contributed by atoms with van der Waals surface area (Å²) in [6.07, 6.45) is 1.66. The molecule has 3 aromatic rings. The van der Waals surface area contributed by atoms with Gasteiger partial charge in [-0.3, -0.25) is 14.4 Å². The minimum absolute atomic E-state index is 0.0605. The molecule has 4 heterocycles. The van der Waals surface area contributed by atoms with E-state index in [1.807, 2.05) is 24.0 Å². The Bertz CT molecular complexity index is 1360. The van der Waals surface area contributed by atoms with E-state index in [0.717, 1.165) is 17.7 Å². The van der Waals surface area contributed by atoms with Gasteiger partial charge in [-0.2, -0.15) is 4.98 Å². The van der Waals surface area contributed by atoms with E-state index in [0.29, 0.717) is 61.5 Å². The summed E-state index contributed by atoms with van der Waals surface area (Å²) in [5.41, 5.74) is 6.60. The molecule has 0 saturated carbocycles. The van der Waals surface area contributed by atoms with Gasteiger partial charge in [-0.05, 0) is 56.2 Å². The van der Waals surface area contributed by atoms with Gasteiger partial charge in [-0.1, -0.05) is 0 Å². The average molecular weight is 551 g/mol. The third kappa shape index (κ3) is 6.32. The van der Waals surface area contributed by atoms with Crippen LogP contribution in [0.25, 0.3) is 0 Å². The van der Waals surface area contributed by atoms with Gasteiger partial charge in [0, 0.05) is 48.3 Å². The molecule has 0 bridgehead atoms. The molecule has 0 aliphatic carbocycles. The number of rotatable bonds is 7. The number of piperidine rings is 1. The van der Waals surface area contributed by atoms with Crippen molar-refractivity contribution in [2.45, 2.75) is 25.8 Å². The van der Waals surface area contributed by atoms with Gasteiger partial charge in [0.1, 0.15) is 0 Å². The Kier molecular flexibility index (Phi) is 7.98. The largest absolute Gasteiger partial charge is 0.378 e. The fraction of sp³-hybridized carbons (Fsp3) is 0.385. The molecule has 0 spiro atoms. The fourth-order valence-electron chi connectivity index (χ4n) is 4.58. The second kappa shape index (κ2) is 11.7. The average Bonchev–Trinajstić information content (AvgIpc) is 3.40. The molecule has 204 valence electrons. The highest BCUT2D eigenvalue weighted by atomic mass is 32.1. The molecular formula is C26H30N8O4S. The lowest BCUT2D eigenvalue weighted by Crippen LogP contribution is -2.48. The van der Waals surface area contributed by atoms with E-state index in [-0.39, 0.29) is 29.4 Å². The smallest absolute Gasteiger partial charge is 0.273 e. The van der Waals surface area contributed by atoms with Gasteiger partial charge in [-0.25, -0.2) is 0 Å². The molecule has 13 heteroatoms. The molecule has 1 aromatic carbocycles. The number of morpholine rings is 1. The first kappa shape index (κ1) is 26.5. The summed E-state index contributed by atoms with van der Waals surface area (Å²) in [7, 11) is 0. The van der Waals surface area contributed by atoms with Crippen LogP contribution in [0.3, 0.4) is 0 Å². The van der Waals surface area contributed by atoms with Crippen LogP contribution >= 0.6 is 11.3 Å². The Hall–Kier alpha value is -4.10. The number of aromatic nitrogens is 3. The molecule has 1 atom stereocenters. The number of benzene rings is 1. The minimum atomic E-state index is -0.766. The van der Waals surface area contributed by atoms with Crippen molar-refractivity contribution in [3.05, 3.63) is 57.4 Å². The van der Waals surface area contributed by atoms with Crippen molar-refractivity contribution in [2.75, 3.05) is 49.6 Å². The maximum atomic E-state index is 12.7. The van der Waals surface area contributed by atoms with Gasteiger partial charge in [0.15, 0.2) is 11.5 Å². The monoisotopic (exact) mass is 550 g/mol. The summed E-state index contributed by atoms with van der Waals surface area (Å²) >= 11 is 1.46. The second-order valence-corrected chi connectivity index (χ2v) is 10.7. The van der Waals surface area contributed by atoms with E-state index in [2.05, 4.69) is 25.8 Å². The molecule has 2 fully saturated rings. The highest BCUT2D eigenvalue weighted by Crippen LogP contribution is 2.23. The van der Waals surface area contributed by atoms with Crippen molar-refractivity contribution in [1.82, 2.24) is 25.4 Å². The Balaban J connectivity index is 1.28. The lowest BCUT2D eigenvalue weighted by atomic mass is 10.1. The molecule has 2 saturated heterocycles. The highest BCUT2D eigenvalue weighted by molar-refractivity contribution is 7.13. The fourth-order valence-corrected chi connectivity index (χ4v) is 5.35. The molecular weight excluding hydrogens is 520 g/mol. The molecule has 3 amide bonds. The summed E-state index contributed by atoms with van der Waals surface area (Å²) in [5, 5.41) is 14.4. The van der Waals surface area contributed by atoms with E-state index in [1.54, 1.807) is 29.2 Å². The Morgan fingerprint density at radius 1 is 1.05 bits per heavy atom. The first-order valence-corrected chi connectivity index (χ1v) is 13.6. The van der Waals surface area contributed by atoms with Crippen molar-refractivity contribution in [3.63, 3.8) is 0 Å². The molecule has 2 aliphatic rings. The van der Waals surface area contributed by atoms with Crippen LogP contribution in [-0.2, 0) is 4.74 Å². The van der Waals surface area contributed by atoms with Crippen LogP contribution in [0.5, 0.6) is 0 Å². The molecule has 0 radical (unpaired) electrons. The number of carbonyl (C=O) groups excluding carboxylic acids is 3. The van der Waals surface area contributed by atoms with Gasteiger partial charge in [0.05, 0.1) is 18.1 Å². The molecule has 12 nitrogen and oxygen atoms in total. The first-order valence-electron chi connectivity index (χ1n) is 12.8. The summed E-state index contributed by atoms with van der Waals surface area (Å²) in [6, 6.07) is 10.6. The topological polar surface area (TPSA) is 156 Å². The number of nitrogens with one attached hydrogen (secondary N) is 2. The summed E-state index contributed by atoms with van der Waals surface area (Å²) in [5.74, 6) is -0.429. The predicted octanol–water partition coefficient (Wildman–Crippen LogP) is 1.96. The number of hydrogen-bond donors (Lipinski definition) is 3. The molecule has 1 unspecified atom stereocenters. The number of carbonyl (C=O) groups is 3. The molecule has 5 rings (SSSR count). The Morgan fingerprint density at radius 3 is 2.51 bits per heavy atom. The van der Waals surface area contributed by atoms with Crippen molar-refractivity contribution in [1.29, 1.82) is 0 Å². The lowest BCUT2D eigenvalue weighted by Gasteiger charge is -2.33. The molecule has 4 N–H and O–H groups in total. The Labute approximate surface area is 229 Å². The maximum Gasteiger partial charge on any atom is 0.273 e. The van der Waals surface area contributed by atoms with E-state index < -0.39 is 5.91 Å². The van der Waals surface area contributed by atoms with Crippen LogP contribution in [0.2, 0.25) is 0 Å². The molecule has 39 heavy (non-hydrogen) atoms. The van der Waals surface area contributed by atoms with Gasteiger partial charge >= 0.3 is 0 Å². The van der Waals surface area contributed by atoms with Crippen LogP contribution in [0.4, 0.5) is 17.5 Å². The number of aryl methyl sites for hydroxylation is 1. The zero-order chi connectivity index (χ0) is 27.4. The van der Waals surface area contributed by atoms with Gasteiger partial charge in [-0.15, -0.1) is 21.5 Å². The van der Waals surface area contributed by atoms with Crippen molar-refractivity contribution in [3.8, 4) is 0 Å². The number of nitrogens with two attached hydrogens (primary N) is 1. The third-order valence-electron chi connectivity index (χ3n) is 6.61. The summed E-state index contributed by atoms with van der Waals surface area (Å²) in [6.45, 7) is 5.33. The number of amides is 3. The van der Waals surface area contributed by atoms with E-state index in [1.165, 1.54) is 11.3 Å². The molecule has 2 aromatic heterocycles. The standard InChI is InChI=1S/C26H30N8O4S/c1-16-4-9-20(39-16)24(36)29-19-3-2-10-34(15-19)26-30-23(21(22(27)35)31-32-26)28-18-7-5-17(6-8-18)25(37)33-11-13-38-14-12-33/h4-9,19H,2-3,10-15H2,1H3,(H2,27,35)(H,29,36)(H,28,30,32). The number of thiophene rings is 1. The third-order valence-corrected chi connectivity index (χ3v) is 7.60. The number of nitrogens with zero attached hydrogens (tertiary/aromatic N) is 5. The SMILES string of the molecule is Cc1ccc(C(=O)NC2CCCN(c3nnc(C(N)=O)c(Nc4ccc(C(=O)N5CCOCC5)cc4)n3)C2)s1. The quantitative estimate of drug-likeness (QED) is 0.400. The van der Waals surface area contributed by atoms with Crippen molar-refractivity contribution in [2.24, 2.45) is 5.73 Å². The van der Waals surface area contributed by atoms with Crippen LogP contribution in [0, 0.1) is 6.92 Å². The van der Waals surface area contributed by atoms with Crippen molar-refractivity contribution < 1.29 is 19.1 Å². The van der Waals surface area contributed by atoms with Crippen molar-refractivity contribution >= 4 is 46.5 Å². The first-order chi connectivity index (χ1) is 18.9. The lowest BCUT2D eigenvalue weighted by molar-refractivity contribution is 0.0303. The van der Waals surface area contributed by atoms with E-state index >= 15 is 0 Å². The van der Waals surface area contributed by atoms with Crippen LogP contribution < -0.4 is 21.3 Å². The minimum Gasteiger partial charge on any atom is -0.378 e. The van der Waals surface area contributed by atoms with Gasteiger partial charge in [0.2, 0.25) is 5.95 Å². The number of ether oxygens (including phenoxy) is 1. The normalized spacial score (nSPS) is 17.5. The highest BCUT2D eigenvalue weighted by Gasteiger charge is 2.26. The van der Waals surface area contributed by atoms with E-state index in [9.17, 15) is 14.4 Å². The zero-order valence-corrected chi connectivity index (χ0v) is 22.4. The zero-order valence-electron chi connectivity index (χ0n) is 21.6. The summed E-state index contributed by atoms with van der Waals surface area (Å²) < 4.78 is 5.32. The maximum absolute atomic E-state index is 12.7. The Morgan fingerprint density at radius 2 is 1.82 bits per heavy atom.